The number of halogens is 1. The van der Waals surface area contributed by atoms with Crippen molar-refractivity contribution in [2.45, 2.75) is 41.6 Å². The van der Waals surface area contributed by atoms with E-state index in [4.69, 9.17) is 16.3 Å². The van der Waals surface area contributed by atoms with E-state index in [2.05, 4.69) is 15.5 Å². The second-order valence-electron chi connectivity index (χ2n) is 6.99. The van der Waals surface area contributed by atoms with Crippen LogP contribution >= 0.6 is 23.4 Å². The van der Waals surface area contributed by atoms with Gasteiger partial charge in [-0.2, -0.15) is 0 Å². The van der Waals surface area contributed by atoms with Gasteiger partial charge in [0.15, 0.2) is 0 Å². The third kappa shape index (κ3) is 4.01. The molecule has 0 saturated carbocycles. The summed E-state index contributed by atoms with van der Waals surface area (Å²) in [5.41, 5.74) is 0.708. The summed E-state index contributed by atoms with van der Waals surface area (Å²) in [5.74, 6) is -0.282. The molecule has 0 unspecified atom stereocenters. The minimum Gasteiger partial charge on any atom is -0.373 e. The van der Waals surface area contributed by atoms with E-state index in [1.165, 1.54) is 24.6 Å². The molecule has 1 aromatic carbocycles. The highest BCUT2D eigenvalue weighted by Crippen LogP contribution is 2.38. The molecule has 3 aliphatic heterocycles. The third-order valence-corrected chi connectivity index (χ3v) is 6.63. The fourth-order valence-electron chi connectivity index (χ4n) is 3.73. The van der Waals surface area contributed by atoms with E-state index < -0.39 is 5.25 Å². The molecule has 3 atom stereocenters. The number of morpholine rings is 1. The molecule has 0 radical (unpaired) electrons. The number of hydrogen-bond acceptors (Lipinski definition) is 5. The van der Waals surface area contributed by atoms with Gasteiger partial charge in [0, 0.05) is 35.5 Å². The summed E-state index contributed by atoms with van der Waals surface area (Å²) in [7, 11) is 0. The molecule has 26 heavy (non-hydrogen) atoms. The van der Waals surface area contributed by atoms with E-state index in [0.717, 1.165) is 24.6 Å². The summed E-state index contributed by atoms with van der Waals surface area (Å²) in [6, 6.07) is 5.94. The minimum absolute atomic E-state index is 0.0315. The first-order chi connectivity index (χ1) is 12.6. The van der Waals surface area contributed by atoms with Gasteiger partial charge in [0.25, 0.3) is 0 Å². The van der Waals surface area contributed by atoms with E-state index in [-0.39, 0.29) is 24.3 Å². The average Bonchev–Trinajstić information content (AvgIpc) is 3.08. The topological polar surface area (TPSA) is 70.7 Å². The molecule has 2 saturated heterocycles. The Hall–Kier alpha value is -1.28. The van der Waals surface area contributed by atoms with Gasteiger partial charge in [0.1, 0.15) is 0 Å². The zero-order valence-electron chi connectivity index (χ0n) is 14.4. The SMILES string of the molecule is O=C(C[C@@H]1Sc2ccc(Cl)cc2NC1=O)NC[C@@H]1CN2CCC[C@H]2CO1. The molecule has 3 heterocycles. The van der Waals surface area contributed by atoms with Gasteiger partial charge in [0.05, 0.1) is 23.6 Å². The van der Waals surface area contributed by atoms with Crippen LogP contribution in [0, 0.1) is 0 Å². The lowest BCUT2D eigenvalue weighted by molar-refractivity contribution is -0.125. The molecule has 140 valence electrons. The number of rotatable bonds is 4. The largest absolute Gasteiger partial charge is 0.373 e. The molecule has 6 nitrogen and oxygen atoms in total. The predicted octanol–water partition coefficient (Wildman–Crippen LogP) is 2.12. The zero-order valence-corrected chi connectivity index (χ0v) is 15.9. The number of fused-ring (bicyclic) bond motifs is 2. The van der Waals surface area contributed by atoms with E-state index in [9.17, 15) is 9.59 Å². The third-order valence-electron chi connectivity index (χ3n) is 5.12. The number of nitrogens with one attached hydrogen (secondary N) is 2. The van der Waals surface area contributed by atoms with Crippen LogP contribution in [-0.2, 0) is 14.3 Å². The maximum atomic E-state index is 12.3. The van der Waals surface area contributed by atoms with E-state index in [1.807, 2.05) is 6.07 Å². The van der Waals surface area contributed by atoms with Crippen molar-refractivity contribution in [3.63, 3.8) is 0 Å². The summed E-state index contributed by atoms with van der Waals surface area (Å²) < 4.78 is 5.86. The molecule has 0 aliphatic carbocycles. The summed E-state index contributed by atoms with van der Waals surface area (Å²) >= 11 is 7.36. The number of carbonyl (C=O) groups excluding carboxylic acids is 2. The highest BCUT2D eigenvalue weighted by Gasteiger charge is 2.33. The van der Waals surface area contributed by atoms with Crippen molar-refractivity contribution in [1.82, 2.24) is 10.2 Å². The van der Waals surface area contributed by atoms with Crippen LogP contribution in [0.15, 0.2) is 23.1 Å². The van der Waals surface area contributed by atoms with Crippen LogP contribution in [0.1, 0.15) is 19.3 Å². The summed E-state index contributed by atoms with van der Waals surface area (Å²) in [6.07, 6.45) is 2.62. The second-order valence-corrected chi connectivity index (χ2v) is 8.67. The lowest BCUT2D eigenvalue weighted by atomic mass is 10.2. The van der Waals surface area contributed by atoms with Gasteiger partial charge in [-0.15, -0.1) is 11.8 Å². The lowest BCUT2D eigenvalue weighted by Crippen LogP contribution is -2.50. The van der Waals surface area contributed by atoms with Crippen LogP contribution in [0.3, 0.4) is 0 Å². The van der Waals surface area contributed by atoms with Crippen LogP contribution in [0.2, 0.25) is 5.02 Å². The van der Waals surface area contributed by atoms with Crippen LogP contribution in [-0.4, -0.2) is 60.4 Å². The van der Waals surface area contributed by atoms with Crippen LogP contribution < -0.4 is 10.6 Å². The number of ether oxygens (including phenoxy) is 1. The molecule has 0 bridgehead atoms. The smallest absolute Gasteiger partial charge is 0.238 e. The second kappa shape index (κ2) is 7.76. The Balaban J connectivity index is 1.27. The molecule has 1 aromatic rings. The molecule has 2 amide bonds. The maximum Gasteiger partial charge on any atom is 0.238 e. The van der Waals surface area contributed by atoms with Gasteiger partial charge in [0.2, 0.25) is 11.8 Å². The molecule has 0 spiro atoms. The van der Waals surface area contributed by atoms with E-state index >= 15 is 0 Å². The number of amides is 2. The Kier molecular flexibility index (Phi) is 5.40. The van der Waals surface area contributed by atoms with Crippen molar-refractivity contribution in [3.8, 4) is 0 Å². The standard InChI is InChI=1S/C18H22ClN3O3S/c19-11-3-4-15-14(6-11)21-18(24)16(26-15)7-17(23)20-8-13-9-22-5-1-2-12(22)10-25-13/h3-4,6,12-13,16H,1-2,5,7-10H2,(H,20,23)(H,21,24)/t12-,13+,16-/m0/s1. The first-order valence-corrected chi connectivity index (χ1v) is 10.2. The maximum absolute atomic E-state index is 12.3. The molecular weight excluding hydrogens is 374 g/mol. The highest BCUT2D eigenvalue weighted by molar-refractivity contribution is 8.01. The van der Waals surface area contributed by atoms with Crippen molar-refractivity contribution >= 4 is 40.9 Å². The van der Waals surface area contributed by atoms with Crippen LogP contribution in [0.4, 0.5) is 5.69 Å². The lowest BCUT2D eigenvalue weighted by Gasteiger charge is -2.35. The fourth-order valence-corrected chi connectivity index (χ4v) is 5.00. The normalized spacial score (nSPS) is 28.2. The Bertz CT molecular complexity index is 717. The van der Waals surface area contributed by atoms with Crippen molar-refractivity contribution in [3.05, 3.63) is 23.2 Å². The summed E-state index contributed by atoms with van der Waals surface area (Å²) in [4.78, 5) is 27.9. The van der Waals surface area contributed by atoms with Gasteiger partial charge < -0.3 is 15.4 Å². The van der Waals surface area contributed by atoms with Crippen molar-refractivity contribution < 1.29 is 14.3 Å². The number of nitrogens with zero attached hydrogens (tertiary/aromatic N) is 1. The van der Waals surface area contributed by atoms with Gasteiger partial charge >= 0.3 is 0 Å². The number of hydrogen-bond donors (Lipinski definition) is 2. The van der Waals surface area contributed by atoms with Crippen LogP contribution in [0.25, 0.3) is 0 Å². The van der Waals surface area contributed by atoms with E-state index in [1.54, 1.807) is 12.1 Å². The monoisotopic (exact) mass is 395 g/mol. The highest BCUT2D eigenvalue weighted by atomic mass is 35.5. The average molecular weight is 396 g/mol. The molecule has 3 aliphatic rings. The van der Waals surface area contributed by atoms with Gasteiger partial charge in [-0.3, -0.25) is 14.5 Å². The molecule has 0 aromatic heterocycles. The molecule has 8 heteroatoms. The van der Waals surface area contributed by atoms with E-state index in [0.29, 0.717) is 23.3 Å². The Morgan fingerprint density at radius 1 is 1.46 bits per heavy atom. The van der Waals surface area contributed by atoms with Gasteiger partial charge in [-0.25, -0.2) is 0 Å². The molecular formula is C18H22ClN3O3S. The Morgan fingerprint density at radius 2 is 2.35 bits per heavy atom. The Morgan fingerprint density at radius 3 is 3.23 bits per heavy atom. The van der Waals surface area contributed by atoms with Crippen molar-refractivity contribution in [1.29, 1.82) is 0 Å². The number of benzene rings is 1. The first-order valence-electron chi connectivity index (χ1n) is 8.98. The van der Waals surface area contributed by atoms with Crippen molar-refractivity contribution in [2.24, 2.45) is 0 Å². The number of thioether (sulfide) groups is 1. The quantitative estimate of drug-likeness (QED) is 0.817. The molecule has 2 N–H and O–H groups in total. The van der Waals surface area contributed by atoms with Crippen LogP contribution in [0.5, 0.6) is 0 Å². The van der Waals surface area contributed by atoms with Crippen molar-refractivity contribution in [2.75, 3.05) is 31.6 Å². The number of carbonyl (C=O) groups is 2. The van der Waals surface area contributed by atoms with Gasteiger partial charge in [-0.05, 0) is 37.6 Å². The zero-order chi connectivity index (χ0) is 18.1. The first kappa shape index (κ1) is 18.1. The minimum atomic E-state index is -0.432. The van der Waals surface area contributed by atoms with Gasteiger partial charge in [-0.1, -0.05) is 11.6 Å². The molecule has 4 rings (SSSR count). The Labute approximate surface area is 162 Å². The summed E-state index contributed by atoms with van der Waals surface area (Å²) in [6.45, 7) is 3.24. The molecule has 2 fully saturated rings. The number of anilines is 1. The predicted molar refractivity (Wildman–Crippen MR) is 102 cm³/mol. The summed E-state index contributed by atoms with van der Waals surface area (Å²) in [5, 5.41) is 5.91. The fraction of sp³-hybridized carbons (Fsp3) is 0.556.